The second-order valence-electron chi connectivity index (χ2n) is 5.68. The SMILES string of the molecule is CCC(CNC(C)C)(Cc1cncs1)c1ccccc1. The van der Waals surface area contributed by atoms with Crippen molar-refractivity contribution in [3.63, 3.8) is 0 Å². The van der Waals surface area contributed by atoms with Gasteiger partial charge in [0.05, 0.1) is 5.51 Å². The lowest BCUT2D eigenvalue weighted by Crippen LogP contribution is -2.42. The number of aromatic nitrogens is 1. The molecular formula is C17H24N2S. The van der Waals surface area contributed by atoms with Gasteiger partial charge in [0, 0.05) is 29.1 Å². The first-order chi connectivity index (χ1) is 9.66. The van der Waals surface area contributed by atoms with Crippen molar-refractivity contribution in [2.45, 2.75) is 45.1 Å². The van der Waals surface area contributed by atoms with Gasteiger partial charge >= 0.3 is 0 Å². The summed E-state index contributed by atoms with van der Waals surface area (Å²) in [6.45, 7) is 7.70. The van der Waals surface area contributed by atoms with Crippen molar-refractivity contribution >= 4 is 11.3 Å². The molecule has 0 radical (unpaired) electrons. The summed E-state index contributed by atoms with van der Waals surface area (Å²) in [5, 5.41) is 3.63. The monoisotopic (exact) mass is 288 g/mol. The molecule has 1 N–H and O–H groups in total. The Bertz CT molecular complexity index is 493. The zero-order chi connectivity index (χ0) is 14.4. The molecule has 0 aliphatic rings. The Morgan fingerprint density at radius 1 is 1.25 bits per heavy atom. The van der Waals surface area contributed by atoms with Crippen molar-refractivity contribution in [3.8, 4) is 0 Å². The average Bonchev–Trinajstić information content (AvgIpc) is 2.97. The summed E-state index contributed by atoms with van der Waals surface area (Å²) in [6, 6.07) is 11.4. The van der Waals surface area contributed by atoms with E-state index in [4.69, 9.17) is 0 Å². The molecule has 0 spiro atoms. The van der Waals surface area contributed by atoms with Crippen LogP contribution >= 0.6 is 11.3 Å². The zero-order valence-corrected chi connectivity index (χ0v) is 13.4. The predicted molar refractivity (Wildman–Crippen MR) is 87.4 cm³/mol. The fourth-order valence-electron chi connectivity index (χ4n) is 2.57. The zero-order valence-electron chi connectivity index (χ0n) is 12.6. The Labute approximate surface area is 126 Å². The molecular weight excluding hydrogens is 264 g/mol. The van der Waals surface area contributed by atoms with E-state index in [1.807, 2.05) is 11.7 Å². The van der Waals surface area contributed by atoms with E-state index in [1.54, 1.807) is 11.3 Å². The number of nitrogens with one attached hydrogen (secondary N) is 1. The Morgan fingerprint density at radius 2 is 2.00 bits per heavy atom. The van der Waals surface area contributed by atoms with Crippen molar-refractivity contribution in [3.05, 3.63) is 52.5 Å². The van der Waals surface area contributed by atoms with Crippen molar-refractivity contribution in [1.82, 2.24) is 10.3 Å². The van der Waals surface area contributed by atoms with Gasteiger partial charge in [0.2, 0.25) is 0 Å². The highest BCUT2D eigenvalue weighted by molar-refractivity contribution is 7.09. The lowest BCUT2D eigenvalue weighted by Gasteiger charge is -2.34. The first-order valence-electron chi connectivity index (χ1n) is 7.32. The van der Waals surface area contributed by atoms with Gasteiger partial charge in [0.1, 0.15) is 0 Å². The molecule has 2 nitrogen and oxygen atoms in total. The minimum Gasteiger partial charge on any atom is -0.314 e. The summed E-state index contributed by atoms with van der Waals surface area (Å²) in [7, 11) is 0. The molecule has 0 bridgehead atoms. The van der Waals surface area contributed by atoms with Crippen LogP contribution in [0.2, 0.25) is 0 Å². The lowest BCUT2D eigenvalue weighted by atomic mass is 9.75. The van der Waals surface area contributed by atoms with Gasteiger partial charge < -0.3 is 5.32 Å². The van der Waals surface area contributed by atoms with E-state index in [0.29, 0.717) is 6.04 Å². The topological polar surface area (TPSA) is 24.9 Å². The van der Waals surface area contributed by atoms with Crippen molar-refractivity contribution in [2.75, 3.05) is 6.54 Å². The van der Waals surface area contributed by atoms with Gasteiger partial charge in [-0.15, -0.1) is 11.3 Å². The van der Waals surface area contributed by atoms with E-state index in [0.717, 1.165) is 19.4 Å². The van der Waals surface area contributed by atoms with E-state index in [-0.39, 0.29) is 5.41 Å². The molecule has 3 heteroatoms. The Balaban J connectivity index is 2.29. The average molecular weight is 288 g/mol. The van der Waals surface area contributed by atoms with Crippen LogP contribution in [-0.4, -0.2) is 17.6 Å². The van der Waals surface area contributed by atoms with Crippen LogP contribution in [0.4, 0.5) is 0 Å². The highest BCUT2D eigenvalue weighted by Gasteiger charge is 2.31. The molecule has 0 aliphatic carbocycles. The van der Waals surface area contributed by atoms with Gasteiger partial charge in [-0.05, 0) is 18.4 Å². The molecule has 1 aromatic carbocycles. The maximum Gasteiger partial charge on any atom is 0.0794 e. The van der Waals surface area contributed by atoms with Crippen LogP contribution < -0.4 is 5.32 Å². The number of rotatable bonds is 7. The Hall–Kier alpha value is -1.19. The number of hydrogen-bond acceptors (Lipinski definition) is 3. The molecule has 20 heavy (non-hydrogen) atoms. The summed E-state index contributed by atoms with van der Waals surface area (Å²) in [5.41, 5.74) is 3.50. The van der Waals surface area contributed by atoms with Gasteiger partial charge in [-0.3, -0.25) is 4.98 Å². The molecule has 0 saturated carbocycles. The third kappa shape index (κ3) is 3.68. The maximum absolute atomic E-state index is 4.23. The van der Waals surface area contributed by atoms with E-state index >= 15 is 0 Å². The fourth-order valence-corrected chi connectivity index (χ4v) is 3.31. The fraction of sp³-hybridized carbons (Fsp3) is 0.471. The molecule has 0 aliphatic heterocycles. The number of thiazole rings is 1. The molecule has 108 valence electrons. The first-order valence-corrected chi connectivity index (χ1v) is 8.20. The summed E-state index contributed by atoms with van der Waals surface area (Å²) >= 11 is 1.76. The minimum atomic E-state index is 0.151. The number of hydrogen-bond donors (Lipinski definition) is 1. The van der Waals surface area contributed by atoms with Crippen molar-refractivity contribution < 1.29 is 0 Å². The molecule has 1 heterocycles. The Morgan fingerprint density at radius 3 is 2.55 bits per heavy atom. The van der Waals surface area contributed by atoms with E-state index < -0.39 is 0 Å². The second kappa shape index (κ2) is 7.00. The first kappa shape index (κ1) is 15.2. The molecule has 2 aromatic rings. The second-order valence-corrected chi connectivity index (χ2v) is 6.65. The molecule has 2 rings (SSSR count). The Kier molecular flexibility index (Phi) is 5.32. The molecule has 0 fully saturated rings. The summed E-state index contributed by atoms with van der Waals surface area (Å²) < 4.78 is 0. The maximum atomic E-state index is 4.23. The quantitative estimate of drug-likeness (QED) is 0.832. The van der Waals surface area contributed by atoms with Crippen molar-refractivity contribution in [2.24, 2.45) is 0 Å². The van der Waals surface area contributed by atoms with Gasteiger partial charge in [-0.25, -0.2) is 0 Å². The standard InChI is InChI=1S/C17H24N2S/c1-4-17(12-19-14(2)3,10-16-11-18-13-20-16)15-8-6-5-7-9-15/h5-9,11,13-14,19H,4,10,12H2,1-3H3. The number of benzene rings is 1. The largest absolute Gasteiger partial charge is 0.314 e. The van der Waals surface area contributed by atoms with Crippen LogP contribution in [0.3, 0.4) is 0 Å². The van der Waals surface area contributed by atoms with E-state index in [2.05, 4.69) is 61.4 Å². The normalized spacial score (nSPS) is 14.4. The molecule has 0 saturated heterocycles. The highest BCUT2D eigenvalue weighted by Crippen LogP contribution is 2.32. The molecule has 1 unspecified atom stereocenters. The van der Waals surface area contributed by atoms with Crippen molar-refractivity contribution in [1.29, 1.82) is 0 Å². The van der Waals surface area contributed by atoms with Crippen LogP contribution in [-0.2, 0) is 11.8 Å². The smallest absolute Gasteiger partial charge is 0.0794 e. The van der Waals surface area contributed by atoms with Gasteiger partial charge in [-0.2, -0.15) is 0 Å². The predicted octanol–water partition coefficient (Wildman–Crippen LogP) is 4.03. The van der Waals surface area contributed by atoms with Crippen LogP contribution in [0, 0.1) is 0 Å². The summed E-state index contributed by atoms with van der Waals surface area (Å²) in [6.07, 6.45) is 4.18. The summed E-state index contributed by atoms with van der Waals surface area (Å²) in [5.74, 6) is 0. The highest BCUT2D eigenvalue weighted by atomic mass is 32.1. The minimum absolute atomic E-state index is 0.151. The van der Waals surface area contributed by atoms with E-state index in [9.17, 15) is 0 Å². The summed E-state index contributed by atoms with van der Waals surface area (Å²) in [4.78, 5) is 5.59. The van der Waals surface area contributed by atoms with Gasteiger partial charge in [0.15, 0.2) is 0 Å². The molecule has 0 amide bonds. The lowest BCUT2D eigenvalue weighted by molar-refractivity contribution is 0.365. The third-order valence-corrected chi connectivity index (χ3v) is 4.69. The van der Waals surface area contributed by atoms with Crippen LogP contribution in [0.1, 0.15) is 37.6 Å². The van der Waals surface area contributed by atoms with Gasteiger partial charge in [0.25, 0.3) is 0 Å². The van der Waals surface area contributed by atoms with Crippen LogP contribution in [0.5, 0.6) is 0 Å². The molecule has 1 aromatic heterocycles. The van der Waals surface area contributed by atoms with E-state index in [1.165, 1.54) is 10.4 Å². The van der Waals surface area contributed by atoms with Gasteiger partial charge in [-0.1, -0.05) is 51.1 Å². The third-order valence-electron chi connectivity index (χ3n) is 3.91. The number of nitrogens with zero attached hydrogens (tertiary/aromatic N) is 1. The van der Waals surface area contributed by atoms with Crippen LogP contribution in [0.15, 0.2) is 42.0 Å². The van der Waals surface area contributed by atoms with Crippen LogP contribution in [0.25, 0.3) is 0 Å². The molecule has 1 atom stereocenters.